The van der Waals surface area contributed by atoms with Crippen LogP contribution in [-0.4, -0.2) is 22.6 Å². The summed E-state index contributed by atoms with van der Waals surface area (Å²) in [5, 5.41) is 3.36. The predicted octanol–water partition coefficient (Wildman–Crippen LogP) is 3.57. The number of fused-ring (bicyclic) bond motifs is 1. The number of hydrogen-bond donors (Lipinski definition) is 1. The van der Waals surface area contributed by atoms with Crippen LogP contribution in [0.1, 0.15) is 33.2 Å². The Morgan fingerprint density at radius 1 is 1.12 bits per heavy atom. The summed E-state index contributed by atoms with van der Waals surface area (Å²) in [5.41, 5.74) is 2.19. The summed E-state index contributed by atoms with van der Waals surface area (Å²) in [6.45, 7) is 1.23. The number of benzene rings is 2. The van der Waals surface area contributed by atoms with Crippen molar-refractivity contribution in [3.8, 4) is 0 Å². The van der Waals surface area contributed by atoms with Crippen LogP contribution in [0, 0.1) is 0 Å². The fourth-order valence-electron chi connectivity index (χ4n) is 2.41. The van der Waals surface area contributed by atoms with E-state index in [4.69, 9.17) is 0 Å². The Labute approximate surface area is 153 Å². The molecule has 0 saturated heterocycles. The number of ketones is 1. The molecule has 2 aromatic carbocycles. The number of Topliss-reactive ketones (excluding diaryl/α,β-unsaturated/α-hetero) is 1. The Morgan fingerprint density at radius 3 is 2.44 bits per heavy atom. The van der Waals surface area contributed by atoms with Gasteiger partial charge in [0.25, 0.3) is 0 Å². The highest BCUT2D eigenvalue weighted by Crippen LogP contribution is 2.32. The smallest absolute Gasteiger partial charge is 0.318 e. The molecule has 0 unspecified atom stereocenters. The summed E-state index contributed by atoms with van der Waals surface area (Å²) in [6.07, 6.45) is 0.336. The first kappa shape index (κ1) is 17.4. The average Bonchev–Trinajstić information content (AvgIpc) is 2.89. The topological polar surface area (TPSA) is 72.8 Å². The molecule has 0 radical (unpaired) electrons. The van der Waals surface area contributed by atoms with Crippen molar-refractivity contribution >= 4 is 47.0 Å². The van der Waals surface area contributed by atoms with Crippen LogP contribution in [0.3, 0.4) is 0 Å². The maximum absolute atomic E-state index is 12.2. The van der Waals surface area contributed by atoms with Crippen LogP contribution in [0.4, 0.5) is 0 Å². The van der Waals surface area contributed by atoms with Crippen molar-refractivity contribution in [2.75, 3.05) is 0 Å². The van der Waals surface area contributed by atoms with Crippen LogP contribution < -0.4 is 0 Å². The molecule has 0 aliphatic heterocycles. The van der Waals surface area contributed by atoms with Gasteiger partial charge in [0, 0.05) is 34.3 Å². The molecule has 1 aliphatic rings. The second-order valence-electron chi connectivity index (χ2n) is 5.38. The highest BCUT2D eigenvalue weighted by molar-refractivity contribution is 7.99. The van der Waals surface area contributed by atoms with Gasteiger partial charge in [-0.05, 0) is 48.0 Å². The summed E-state index contributed by atoms with van der Waals surface area (Å²) >= 11 is 5.31. The standard InChI is InChI=1S/C18H13NO4S2/c1-10(20)23-19-16-9-12-8-14(6-7-15(12)17(16)21)25-13-4-2-11(3-5-13)18(22)24/h2-8H,9H2,1H3,(H,22,24). The van der Waals surface area contributed by atoms with E-state index in [0.29, 0.717) is 17.5 Å². The molecule has 2 aromatic rings. The Kier molecular flexibility index (Phi) is 5.06. The highest BCUT2D eigenvalue weighted by atomic mass is 32.2. The largest absolute Gasteiger partial charge is 0.331 e. The third kappa shape index (κ3) is 4.00. The number of carbonyl (C=O) groups is 3. The molecule has 0 spiro atoms. The number of hydrogen-bond acceptors (Lipinski definition) is 6. The first-order chi connectivity index (χ1) is 11.9. The van der Waals surface area contributed by atoms with E-state index in [0.717, 1.165) is 15.4 Å². The molecular formula is C18H13NO4S2. The second kappa shape index (κ2) is 7.25. The molecule has 1 aliphatic carbocycles. The molecule has 0 heterocycles. The van der Waals surface area contributed by atoms with Gasteiger partial charge < -0.3 is 4.84 Å². The van der Waals surface area contributed by atoms with Crippen molar-refractivity contribution in [3.63, 3.8) is 0 Å². The predicted molar refractivity (Wildman–Crippen MR) is 97.6 cm³/mol. The summed E-state index contributed by atoms with van der Waals surface area (Å²) in [5.74, 6) is -0.778. The van der Waals surface area contributed by atoms with Crippen molar-refractivity contribution in [2.45, 2.75) is 23.1 Å². The SMILES string of the molecule is CC(=O)ON=C1Cc2cc(Sc3ccc(C(=O)S)cc3)ccc2C1=O. The maximum atomic E-state index is 12.2. The van der Waals surface area contributed by atoms with Crippen molar-refractivity contribution in [1.82, 2.24) is 0 Å². The monoisotopic (exact) mass is 371 g/mol. The molecule has 3 rings (SSSR count). The molecule has 0 N–H and O–H groups in total. The first-order valence-corrected chi connectivity index (χ1v) is 8.63. The molecule has 5 nitrogen and oxygen atoms in total. The van der Waals surface area contributed by atoms with E-state index in [9.17, 15) is 14.4 Å². The molecule has 25 heavy (non-hydrogen) atoms. The van der Waals surface area contributed by atoms with E-state index in [1.807, 2.05) is 24.3 Å². The van der Waals surface area contributed by atoms with Crippen LogP contribution in [0.2, 0.25) is 0 Å². The summed E-state index contributed by atoms with van der Waals surface area (Å²) in [7, 11) is 0. The van der Waals surface area contributed by atoms with Crippen LogP contribution >= 0.6 is 24.4 Å². The van der Waals surface area contributed by atoms with Gasteiger partial charge in [-0.25, -0.2) is 4.79 Å². The van der Waals surface area contributed by atoms with Crippen LogP contribution in [0.5, 0.6) is 0 Å². The zero-order valence-corrected chi connectivity index (χ0v) is 14.9. The minimum atomic E-state index is -0.560. The normalized spacial score (nSPS) is 14.5. The highest BCUT2D eigenvalue weighted by Gasteiger charge is 2.27. The lowest BCUT2D eigenvalue weighted by Crippen LogP contribution is -2.09. The number of carbonyl (C=O) groups excluding carboxylic acids is 3. The Bertz CT molecular complexity index is 904. The van der Waals surface area contributed by atoms with Gasteiger partial charge in [0.1, 0.15) is 5.71 Å². The molecule has 0 saturated carbocycles. The Hall–Kier alpha value is -2.38. The minimum absolute atomic E-state index is 0.218. The molecule has 0 fully saturated rings. The lowest BCUT2D eigenvalue weighted by Gasteiger charge is -2.04. The van der Waals surface area contributed by atoms with Gasteiger partial charge in [0.2, 0.25) is 10.9 Å². The number of rotatable bonds is 4. The summed E-state index contributed by atoms with van der Waals surface area (Å²) in [6, 6.07) is 12.7. The fourth-order valence-corrected chi connectivity index (χ4v) is 3.44. The summed E-state index contributed by atoms with van der Waals surface area (Å²) < 4.78 is 0. The van der Waals surface area contributed by atoms with Crippen LogP contribution in [0.25, 0.3) is 0 Å². The molecule has 0 bridgehead atoms. The van der Waals surface area contributed by atoms with Gasteiger partial charge in [0.05, 0.1) is 0 Å². The van der Waals surface area contributed by atoms with Gasteiger partial charge in [-0.1, -0.05) is 16.9 Å². The minimum Gasteiger partial charge on any atom is -0.318 e. The van der Waals surface area contributed by atoms with Gasteiger partial charge in [0.15, 0.2) is 0 Å². The second-order valence-corrected chi connectivity index (χ2v) is 6.93. The van der Waals surface area contributed by atoms with E-state index in [1.165, 1.54) is 18.7 Å². The zero-order chi connectivity index (χ0) is 18.0. The van der Waals surface area contributed by atoms with E-state index in [-0.39, 0.29) is 16.6 Å². The lowest BCUT2D eigenvalue weighted by molar-refractivity contribution is -0.140. The molecular weight excluding hydrogens is 358 g/mol. The van der Waals surface area contributed by atoms with Gasteiger partial charge in [-0.2, -0.15) is 0 Å². The molecule has 7 heteroatoms. The third-order valence-corrected chi connectivity index (χ3v) is 4.82. The van der Waals surface area contributed by atoms with Crippen LogP contribution in [-0.2, 0) is 16.1 Å². The lowest BCUT2D eigenvalue weighted by atomic mass is 10.1. The summed E-state index contributed by atoms with van der Waals surface area (Å²) in [4.78, 5) is 40.7. The molecule has 0 aromatic heterocycles. The number of nitrogens with zero attached hydrogens (tertiary/aromatic N) is 1. The van der Waals surface area contributed by atoms with Gasteiger partial charge in [-0.15, -0.1) is 12.6 Å². The fraction of sp³-hybridized carbons (Fsp3) is 0.111. The van der Waals surface area contributed by atoms with E-state index < -0.39 is 5.97 Å². The van der Waals surface area contributed by atoms with Gasteiger partial charge >= 0.3 is 5.97 Å². The third-order valence-electron chi connectivity index (χ3n) is 3.56. The Morgan fingerprint density at radius 2 is 1.80 bits per heavy atom. The van der Waals surface area contributed by atoms with Crippen molar-refractivity contribution in [1.29, 1.82) is 0 Å². The molecule has 0 atom stereocenters. The zero-order valence-electron chi connectivity index (χ0n) is 13.2. The first-order valence-electron chi connectivity index (χ1n) is 7.37. The van der Waals surface area contributed by atoms with Crippen molar-refractivity contribution in [3.05, 3.63) is 59.2 Å². The van der Waals surface area contributed by atoms with E-state index in [2.05, 4.69) is 22.6 Å². The maximum Gasteiger partial charge on any atom is 0.331 e. The quantitative estimate of drug-likeness (QED) is 0.505. The van der Waals surface area contributed by atoms with Gasteiger partial charge in [-0.3, -0.25) is 9.59 Å². The Balaban J connectivity index is 1.78. The van der Waals surface area contributed by atoms with E-state index in [1.54, 1.807) is 18.2 Å². The van der Waals surface area contributed by atoms with Crippen molar-refractivity contribution in [2.24, 2.45) is 5.16 Å². The van der Waals surface area contributed by atoms with Crippen molar-refractivity contribution < 1.29 is 19.2 Å². The number of thiol groups is 1. The van der Waals surface area contributed by atoms with E-state index >= 15 is 0 Å². The molecule has 0 amide bonds. The molecule has 126 valence electrons. The number of oxime groups is 1. The van der Waals surface area contributed by atoms with Crippen LogP contribution in [0.15, 0.2) is 57.4 Å². The average molecular weight is 371 g/mol.